The molecule has 2 aromatic rings. The number of hydrogen-bond donors (Lipinski definition) is 1. The van der Waals surface area contributed by atoms with Crippen LogP contribution in [0.25, 0.3) is 0 Å². The third kappa shape index (κ3) is 4.14. The Morgan fingerprint density at radius 1 is 1.33 bits per heavy atom. The molecular weight excluding hydrogens is 390 g/mol. The molecule has 1 aromatic carbocycles. The second kappa shape index (κ2) is 7.21. The summed E-state index contributed by atoms with van der Waals surface area (Å²) in [6.45, 7) is 1.32. The molecule has 1 N–H and O–H groups in total. The summed E-state index contributed by atoms with van der Waals surface area (Å²) in [7, 11) is -3.93. The van der Waals surface area contributed by atoms with Crippen molar-refractivity contribution in [3.63, 3.8) is 0 Å². The molecule has 0 spiro atoms. The van der Waals surface area contributed by atoms with Gasteiger partial charge in [0.25, 0.3) is 0 Å². The number of alkyl halides is 3. The third-order valence-electron chi connectivity index (χ3n) is 4.21. The number of sulfonamides is 1. The van der Waals surface area contributed by atoms with Gasteiger partial charge in [0, 0.05) is 24.2 Å². The van der Waals surface area contributed by atoms with Gasteiger partial charge >= 0.3 is 6.18 Å². The lowest BCUT2D eigenvalue weighted by Crippen LogP contribution is -2.29. The zero-order valence-electron chi connectivity index (χ0n) is 14.3. The van der Waals surface area contributed by atoms with Crippen LogP contribution in [0.3, 0.4) is 0 Å². The largest absolute Gasteiger partial charge is 0.435 e. The minimum absolute atomic E-state index is 0.00835. The van der Waals surface area contributed by atoms with Gasteiger partial charge in [-0.2, -0.15) is 18.3 Å². The summed E-state index contributed by atoms with van der Waals surface area (Å²) < 4.78 is 85.8. The standard InChI is InChI=1S/C16H17F4N3O3S/c1-10-8-11(17)2-3-14(10)27(24,25)21-5-6-23-13-4-7-26-9-12(13)15(22-23)16(18,19)20/h2-3,8,21H,4-7,9H2,1H3. The summed E-state index contributed by atoms with van der Waals surface area (Å²) in [5, 5.41) is 3.61. The zero-order chi connectivity index (χ0) is 19.8. The quantitative estimate of drug-likeness (QED) is 0.773. The fraction of sp³-hybridized carbons (Fsp3) is 0.438. The highest BCUT2D eigenvalue weighted by Gasteiger charge is 2.39. The van der Waals surface area contributed by atoms with E-state index in [2.05, 4.69) is 9.82 Å². The van der Waals surface area contributed by atoms with Crippen molar-refractivity contribution in [2.24, 2.45) is 0 Å². The maximum Gasteiger partial charge on any atom is 0.435 e. The van der Waals surface area contributed by atoms with E-state index in [0.717, 1.165) is 18.2 Å². The molecule has 0 atom stereocenters. The minimum atomic E-state index is -4.61. The second-order valence-electron chi connectivity index (χ2n) is 6.10. The first-order valence-corrected chi connectivity index (χ1v) is 9.57. The van der Waals surface area contributed by atoms with E-state index in [4.69, 9.17) is 4.74 Å². The molecule has 0 unspecified atom stereocenters. The summed E-state index contributed by atoms with van der Waals surface area (Å²) in [5.74, 6) is -0.559. The monoisotopic (exact) mass is 407 g/mol. The van der Waals surface area contributed by atoms with Gasteiger partial charge in [0.15, 0.2) is 5.69 Å². The lowest BCUT2D eigenvalue weighted by molar-refractivity contribution is -0.142. The molecule has 27 heavy (non-hydrogen) atoms. The minimum Gasteiger partial charge on any atom is -0.376 e. The number of nitrogens with one attached hydrogen (secondary N) is 1. The van der Waals surface area contributed by atoms with Crippen molar-refractivity contribution < 1.29 is 30.7 Å². The van der Waals surface area contributed by atoms with Gasteiger partial charge in [-0.3, -0.25) is 4.68 Å². The number of ether oxygens (including phenoxy) is 1. The average molecular weight is 407 g/mol. The average Bonchev–Trinajstić information content (AvgIpc) is 2.93. The maximum atomic E-state index is 13.1. The first-order chi connectivity index (χ1) is 12.6. The Labute approximate surface area is 153 Å². The Hall–Kier alpha value is -1.98. The van der Waals surface area contributed by atoms with Gasteiger partial charge in [0.1, 0.15) is 5.82 Å². The Kier molecular flexibility index (Phi) is 5.28. The Morgan fingerprint density at radius 2 is 2.07 bits per heavy atom. The molecule has 3 rings (SSSR count). The van der Waals surface area contributed by atoms with Crippen LogP contribution in [0.2, 0.25) is 0 Å². The zero-order valence-corrected chi connectivity index (χ0v) is 15.1. The molecule has 0 saturated heterocycles. The van der Waals surface area contributed by atoms with Crippen LogP contribution in [0.4, 0.5) is 17.6 Å². The molecule has 0 fully saturated rings. The summed E-state index contributed by atoms with van der Waals surface area (Å²) in [4.78, 5) is -0.0872. The second-order valence-corrected chi connectivity index (χ2v) is 7.84. The number of fused-ring (bicyclic) bond motifs is 1. The molecule has 0 aliphatic carbocycles. The Morgan fingerprint density at radius 3 is 2.74 bits per heavy atom. The van der Waals surface area contributed by atoms with E-state index in [0.29, 0.717) is 5.69 Å². The third-order valence-corrected chi connectivity index (χ3v) is 5.83. The molecule has 0 amide bonds. The van der Waals surface area contributed by atoms with Crippen LogP contribution in [-0.2, 0) is 40.5 Å². The van der Waals surface area contributed by atoms with Crippen molar-refractivity contribution in [3.8, 4) is 0 Å². The van der Waals surface area contributed by atoms with Crippen LogP contribution in [-0.4, -0.2) is 31.3 Å². The molecule has 0 bridgehead atoms. The van der Waals surface area contributed by atoms with E-state index in [1.165, 1.54) is 11.6 Å². The lowest BCUT2D eigenvalue weighted by Gasteiger charge is -2.16. The van der Waals surface area contributed by atoms with Crippen molar-refractivity contribution >= 4 is 10.0 Å². The number of aromatic nitrogens is 2. The summed E-state index contributed by atoms with van der Waals surface area (Å²) in [5.41, 5.74) is -0.387. The van der Waals surface area contributed by atoms with Gasteiger partial charge in [-0.25, -0.2) is 17.5 Å². The molecule has 2 heterocycles. The predicted molar refractivity (Wildman–Crippen MR) is 86.9 cm³/mol. The number of benzene rings is 1. The highest BCUT2D eigenvalue weighted by molar-refractivity contribution is 7.89. The van der Waals surface area contributed by atoms with Crippen LogP contribution >= 0.6 is 0 Å². The number of nitrogens with zero attached hydrogens (tertiary/aromatic N) is 2. The van der Waals surface area contributed by atoms with Gasteiger partial charge in [-0.1, -0.05) is 0 Å². The lowest BCUT2D eigenvalue weighted by atomic mass is 10.1. The van der Waals surface area contributed by atoms with Crippen LogP contribution in [0.15, 0.2) is 23.1 Å². The predicted octanol–water partition coefficient (Wildman–Crippen LogP) is 2.40. The first-order valence-electron chi connectivity index (χ1n) is 8.09. The van der Waals surface area contributed by atoms with E-state index in [9.17, 15) is 26.0 Å². The van der Waals surface area contributed by atoms with Crippen molar-refractivity contribution in [1.82, 2.24) is 14.5 Å². The van der Waals surface area contributed by atoms with Crippen molar-refractivity contribution in [3.05, 3.63) is 46.5 Å². The number of hydrogen-bond acceptors (Lipinski definition) is 4. The molecule has 1 aromatic heterocycles. The molecular formula is C16H17F4N3O3S. The highest BCUT2D eigenvalue weighted by atomic mass is 32.2. The fourth-order valence-corrected chi connectivity index (χ4v) is 4.24. The molecule has 1 aliphatic heterocycles. The smallest absolute Gasteiger partial charge is 0.376 e. The molecule has 0 saturated carbocycles. The first kappa shape index (κ1) is 19.8. The SMILES string of the molecule is Cc1cc(F)ccc1S(=O)(=O)NCCn1nc(C(F)(F)F)c2c1CCOC2. The van der Waals surface area contributed by atoms with Crippen molar-refractivity contribution in [2.75, 3.05) is 13.2 Å². The van der Waals surface area contributed by atoms with E-state index in [1.54, 1.807) is 0 Å². The van der Waals surface area contributed by atoms with Crippen LogP contribution in [0, 0.1) is 12.7 Å². The maximum absolute atomic E-state index is 13.1. The highest BCUT2D eigenvalue weighted by Crippen LogP contribution is 2.34. The summed E-state index contributed by atoms with van der Waals surface area (Å²) >= 11 is 0. The topological polar surface area (TPSA) is 73.2 Å². The van der Waals surface area contributed by atoms with E-state index in [-0.39, 0.29) is 48.7 Å². The molecule has 1 aliphatic rings. The van der Waals surface area contributed by atoms with Gasteiger partial charge in [0.05, 0.1) is 24.7 Å². The summed E-state index contributed by atoms with van der Waals surface area (Å²) in [6, 6.07) is 3.26. The van der Waals surface area contributed by atoms with Gasteiger partial charge in [-0.15, -0.1) is 0 Å². The Balaban J connectivity index is 1.76. The van der Waals surface area contributed by atoms with Gasteiger partial charge < -0.3 is 4.74 Å². The van der Waals surface area contributed by atoms with Crippen LogP contribution < -0.4 is 4.72 Å². The normalized spacial score (nSPS) is 15.0. The van der Waals surface area contributed by atoms with E-state index >= 15 is 0 Å². The number of aryl methyl sites for hydroxylation is 1. The number of rotatable bonds is 5. The molecule has 148 valence electrons. The molecule has 6 nitrogen and oxygen atoms in total. The van der Waals surface area contributed by atoms with Gasteiger partial charge in [0.2, 0.25) is 10.0 Å². The van der Waals surface area contributed by atoms with Crippen molar-refractivity contribution in [2.45, 2.75) is 37.6 Å². The Bertz CT molecular complexity index is 955. The van der Waals surface area contributed by atoms with E-state index < -0.39 is 27.7 Å². The summed E-state index contributed by atoms with van der Waals surface area (Å²) in [6.07, 6.45) is -4.34. The van der Waals surface area contributed by atoms with Crippen LogP contribution in [0.1, 0.15) is 22.5 Å². The fourth-order valence-electron chi connectivity index (χ4n) is 3.00. The van der Waals surface area contributed by atoms with E-state index in [1.807, 2.05) is 0 Å². The van der Waals surface area contributed by atoms with Crippen LogP contribution in [0.5, 0.6) is 0 Å². The van der Waals surface area contributed by atoms with Gasteiger partial charge in [-0.05, 0) is 30.7 Å². The molecule has 0 radical (unpaired) electrons. The van der Waals surface area contributed by atoms with Crippen molar-refractivity contribution in [1.29, 1.82) is 0 Å². The number of halogens is 4. The molecule has 11 heteroatoms.